The van der Waals surface area contributed by atoms with Crippen LogP contribution in [0.5, 0.6) is 0 Å². The summed E-state index contributed by atoms with van der Waals surface area (Å²) >= 11 is 11.5. The maximum atomic E-state index is 13.7. The van der Waals surface area contributed by atoms with Gasteiger partial charge < -0.3 is 5.11 Å². The maximum Gasteiger partial charge on any atom is 0.311 e. The first kappa shape index (κ1) is 11.7. The van der Waals surface area contributed by atoms with E-state index in [4.69, 9.17) is 28.3 Å². The largest absolute Gasteiger partial charge is 0.481 e. The Kier molecular flexibility index (Phi) is 3.08. The van der Waals surface area contributed by atoms with E-state index in [1.807, 2.05) is 0 Å². The second-order valence-electron chi connectivity index (χ2n) is 3.94. The van der Waals surface area contributed by atoms with Crippen molar-refractivity contribution in [2.45, 2.75) is 18.8 Å². The molecule has 0 bridgehead atoms. The fourth-order valence-corrected chi connectivity index (χ4v) is 2.43. The van der Waals surface area contributed by atoms with Gasteiger partial charge in [-0.05, 0) is 30.9 Å². The molecule has 0 amide bonds. The number of hydrogen-bond acceptors (Lipinski definition) is 1. The highest BCUT2D eigenvalue weighted by molar-refractivity contribution is 6.35. The first-order chi connectivity index (χ1) is 7.50. The van der Waals surface area contributed by atoms with E-state index in [1.165, 1.54) is 6.07 Å². The maximum absolute atomic E-state index is 13.7. The molecule has 1 aliphatic carbocycles. The van der Waals surface area contributed by atoms with Gasteiger partial charge in [0.1, 0.15) is 5.82 Å². The topological polar surface area (TPSA) is 37.3 Å². The second-order valence-corrected chi connectivity index (χ2v) is 4.78. The third-order valence-corrected chi connectivity index (χ3v) is 3.25. The Morgan fingerprint density at radius 1 is 1.44 bits per heavy atom. The summed E-state index contributed by atoms with van der Waals surface area (Å²) in [7, 11) is 0. The van der Waals surface area contributed by atoms with Crippen molar-refractivity contribution >= 4 is 29.2 Å². The van der Waals surface area contributed by atoms with Crippen molar-refractivity contribution in [2.24, 2.45) is 5.92 Å². The summed E-state index contributed by atoms with van der Waals surface area (Å²) in [5.74, 6) is -2.54. The number of benzene rings is 1. The van der Waals surface area contributed by atoms with Crippen LogP contribution in [0.4, 0.5) is 4.39 Å². The minimum atomic E-state index is -1.04. The van der Waals surface area contributed by atoms with Crippen LogP contribution in [0.2, 0.25) is 10.0 Å². The molecular weight excluding hydrogens is 254 g/mol. The molecular formula is C11H9Cl2FO2. The average Bonchev–Trinajstić information content (AvgIpc) is 2.93. The van der Waals surface area contributed by atoms with Crippen LogP contribution >= 0.6 is 23.2 Å². The molecule has 1 atom stereocenters. The van der Waals surface area contributed by atoms with E-state index in [0.717, 1.165) is 18.9 Å². The average molecular weight is 263 g/mol. The smallest absolute Gasteiger partial charge is 0.311 e. The predicted octanol–water partition coefficient (Wildman–Crippen LogP) is 3.71. The molecule has 1 N–H and O–H groups in total. The molecule has 1 fully saturated rings. The SMILES string of the molecule is O=C(O)C(c1c(F)cc(Cl)cc1Cl)C1CC1. The molecule has 1 aromatic rings. The zero-order valence-corrected chi connectivity index (χ0v) is 9.72. The van der Waals surface area contributed by atoms with E-state index < -0.39 is 17.7 Å². The Morgan fingerprint density at radius 2 is 2.06 bits per heavy atom. The van der Waals surface area contributed by atoms with Gasteiger partial charge in [-0.1, -0.05) is 23.2 Å². The van der Waals surface area contributed by atoms with Crippen LogP contribution in [0.3, 0.4) is 0 Å². The summed E-state index contributed by atoms with van der Waals surface area (Å²) in [6, 6.07) is 2.47. The molecule has 1 aliphatic rings. The number of carboxylic acid groups (broad SMARTS) is 1. The summed E-state index contributed by atoms with van der Waals surface area (Å²) in [6.07, 6.45) is 1.60. The van der Waals surface area contributed by atoms with Gasteiger partial charge in [0, 0.05) is 15.6 Å². The molecule has 0 radical (unpaired) electrons. The molecule has 1 unspecified atom stereocenters. The van der Waals surface area contributed by atoms with Crippen molar-refractivity contribution < 1.29 is 14.3 Å². The van der Waals surface area contributed by atoms with Crippen molar-refractivity contribution in [1.82, 2.24) is 0 Å². The highest BCUT2D eigenvalue weighted by Crippen LogP contribution is 2.45. The summed E-state index contributed by atoms with van der Waals surface area (Å²) in [5, 5.41) is 9.36. The Bertz CT molecular complexity index is 421. The molecule has 5 heteroatoms. The second kappa shape index (κ2) is 4.22. The highest BCUT2D eigenvalue weighted by atomic mass is 35.5. The van der Waals surface area contributed by atoms with Crippen molar-refractivity contribution in [3.8, 4) is 0 Å². The lowest BCUT2D eigenvalue weighted by molar-refractivity contribution is -0.139. The summed E-state index contributed by atoms with van der Waals surface area (Å²) in [4.78, 5) is 11.1. The molecule has 16 heavy (non-hydrogen) atoms. The minimum absolute atomic E-state index is 0.00863. The van der Waals surface area contributed by atoms with Gasteiger partial charge >= 0.3 is 5.97 Å². The third kappa shape index (κ3) is 2.15. The molecule has 0 aromatic heterocycles. The van der Waals surface area contributed by atoms with Gasteiger partial charge in [0.2, 0.25) is 0 Å². The lowest BCUT2D eigenvalue weighted by Crippen LogP contribution is -2.15. The molecule has 0 heterocycles. The van der Waals surface area contributed by atoms with E-state index >= 15 is 0 Å². The van der Waals surface area contributed by atoms with Crippen LogP contribution in [0, 0.1) is 11.7 Å². The summed E-state index contributed by atoms with van der Waals surface area (Å²) in [5.41, 5.74) is 0.0565. The molecule has 1 saturated carbocycles. The molecule has 0 saturated heterocycles. The van der Waals surface area contributed by atoms with Gasteiger partial charge in [-0.2, -0.15) is 0 Å². The number of carboxylic acids is 1. The van der Waals surface area contributed by atoms with E-state index in [0.29, 0.717) is 0 Å². The van der Waals surface area contributed by atoms with Crippen LogP contribution in [0.1, 0.15) is 24.3 Å². The molecule has 2 nitrogen and oxygen atoms in total. The van der Waals surface area contributed by atoms with Crippen molar-refractivity contribution in [1.29, 1.82) is 0 Å². The Balaban J connectivity index is 2.48. The molecule has 0 spiro atoms. The summed E-state index contributed by atoms with van der Waals surface area (Å²) in [6.45, 7) is 0. The number of carbonyl (C=O) groups is 1. The van der Waals surface area contributed by atoms with Crippen LogP contribution in [0.15, 0.2) is 12.1 Å². The number of halogens is 3. The first-order valence-electron chi connectivity index (χ1n) is 4.88. The Hall–Kier alpha value is -0.800. The van der Waals surface area contributed by atoms with Crippen molar-refractivity contribution in [2.75, 3.05) is 0 Å². The van der Waals surface area contributed by atoms with Gasteiger partial charge in [-0.15, -0.1) is 0 Å². The fraction of sp³-hybridized carbons (Fsp3) is 0.364. The Morgan fingerprint density at radius 3 is 2.50 bits per heavy atom. The van der Waals surface area contributed by atoms with Gasteiger partial charge in [-0.25, -0.2) is 4.39 Å². The van der Waals surface area contributed by atoms with E-state index in [-0.39, 0.29) is 21.5 Å². The quantitative estimate of drug-likeness (QED) is 0.902. The molecule has 0 aliphatic heterocycles. The predicted molar refractivity (Wildman–Crippen MR) is 59.5 cm³/mol. The lowest BCUT2D eigenvalue weighted by Gasteiger charge is -2.14. The van der Waals surface area contributed by atoms with Gasteiger partial charge in [0.15, 0.2) is 0 Å². The van der Waals surface area contributed by atoms with Crippen LogP contribution in [0.25, 0.3) is 0 Å². The van der Waals surface area contributed by atoms with Gasteiger partial charge in [-0.3, -0.25) is 4.79 Å². The number of aliphatic carboxylic acids is 1. The standard InChI is InChI=1S/C11H9Cl2FO2/c12-6-3-7(13)10(8(14)4-6)9(11(15)16)5-1-2-5/h3-5,9H,1-2H2,(H,15,16). The zero-order chi connectivity index (χ0) is 11.9. The van der Waals surface area contributed by atoms with Crippen molar-refractivity contribution in [3.63, 3.8) is 0 Å². The third-order valence-electron chi connectivity index (χ3n) is 2.71. The van der Waals surface area contributed by atoms with E-state index in [9.17, 15) is 9.18 Å². The number of rotatable bonds is 3. The molecule has 86 valence electrons. The lowest BCUT2D eigenvalue weighted by atomic mass is 9.94. The van der Waals surface area contributed by atoms with Gasteiger partial charge in [0.25, 0.3) is 0 Å². The van der Waals surface area contributed by atoms with E-state index in [1.54, 1.807) is 0 Å². The number of hydrogen-bond donors (Lipinski definition) is 1. The van der Waals surface area contributed by atoms with E-state index in [2.05, 4.69) is 0 Å². The van der Waals surface area contributed by atoms with Crippen LogP contribution < -0.4 is 0 Å². The monoisotopic (exact) mass is 262 g/mol. The van der Waals surface area contributed by atoms with Crippen LogP contribution in [-0.4, -0.2) is 11.1 Å². The first-order valence-corrected chi connectivity index (χ1v) is 5.63. The molecule has 2 rings (SSSR count). The summed E-state index contributed by atoms with van der Waals surface area (Å²) < 4.78 is 13.7. The van der Waals surface area contributed by atoms with Gasteiger partial charge in [0.05, 0.1) is 5.92 Å². The highest BCUT2D eigenvalue weighted by Gasteiger charge is 2.40. The van der Waals surface area contributed by atoms with Crippen molar-refractivity contribution in [3.05, 3.63) is 33.6 Å². The fourth-order valence-electron chi connectivity index (χ4n) is 1.84. The Labute approximate surface area is 102 Å². The zero-order valence-electron chi connectivity index (χ0n) is 8.21. The van der Waals surface area contributed by atoms with Crippen LogP contribution in [-0.2, 0) is 4.79 Å². The minimum Gasteiger partial charge on any atom is -0.481 e. The molecule has 1 aromatic carbocycles. The normalized spacial score (nSPS) is 17.2.